The van der Waals surface area contributed by atoms with Crippen LogP contribution >= 0.6 is 15.9 Å². The van der Waals surface area contributed by atoms with Crippen LogP contribution in [0.4, 0.5) is 5.69 Å². The van der Waals surface area contributed by atoms with E-state index in [4.69, 9.17) is 0 Å². The van der Waals surface area contributed by atoms with Gasteiger partial charge in [0.2, 0.25) is 0 Å². The van der Waals surface area contributed by atoms with E-state index in [1.54, 1.807) is 24.3 Å². The second kappa shape index (κ2) is 6.85. The standard InChI is InChI=1S/C14H17BrN2O3/c15-10-4-6-11(7-5-10)17-14(20)13(19)16-8-9-2-1-3-12(9)18/h4-7,9,12,18H,1-3,8H2,(H,16,19)(H,17,20). The first-order chi connectivity index (χ1) is 9.56. The molecule has 0 aromatic heterocycles. The first kappa shape index (κ1) is 15.0. The summed E-state index contributed by atoms with van der Waals surface area (Å²) in [5, 5.41) is 14.7. The van der Waals surface area contributed by atoms with E-state index in [0.717, 1.165) is 23.7 Å². The molecule has 0 saturated heterocycles. The molecule has 6 heteroatoms. The predicted molar refractivity (Wildman–Crippen MR) is 79.1 cm³/mol. The van der Waals surface area contributed by atoms with E-state index in [2.05, 4.69) is 26.6 Å². The number of hydrogen-bond donors (Lipinski definition) is 3. The lowest BCUT2D eigenvalue weighted by Crippen LogP contribution is -2.39. The third kappa shape index (κ3) is 4.05. The molecule has 1 fully saturated rings. The fourth-order valence-electron chi connectivity index (χ4n) is 2.28. The van der Waals surface area contributed by atoms with Crippen molar-refractivity contribution in [3.05, 3.63) is 28.7 Å². The van der Waals surface area contributed by atoms with Gasteiger partial charge in [-0.05, 0) is 37.1 Å². The molecule has 0 bridgehead atoms. The molecule has 1 aliphatic carbocycles. The number of halogens is 1. The number of carbonyl (C=O) groups is 2. The van der Waals surface area contributed by atoms with Crippen LogP contribution in [0, 0.1) is 5.92 Å². The summed E-state index contributed by atoms with van der Waals surface area (Å²) in [6.07, 6.45) is 2.25. The van der Waals surface area contributed by atoms with Crippen molar-refractivity contribution in [2.24, 2.45) is 5.92 Å². The van der Waals surface area contributed by atoms with Crippen LogP contribution in [0.15, 0.2) is 28.7 Å². The lowest BCUT2D eigenvalue weighted by atomic mass is 10.1. The Kier molecular flexibility index (Phi) is 5.14. The Labute approximate surface area is 125 Å². The molecule has 1 saturated carbocycles. The molecule has 2 atom stereocenters. The lowest BCUT2D eigenvalue weighted by Gasteiger charge is -2.14. The highest BCUT2D eigenvalue weighted by molar-refractivity contribution is 9.10. The van der Waals surface area contributed by atoms with Crippen molar-refractivity contribution in [2.45, 2.75) is 25.4 Å². The normalized spacial score (nSPS) is 21.5. The Morgan fingerprint density at radius 2 is 1.90 bits per heavy atom. The van der Waals surface area contributed by atoms with Gasteiger partial charge in [-0.1, -0.05) is 22.4 Å². The molecular weight excluding hydrogens is 324 g/mol. The zero-order valence-electron chi connectivity index (χ0n) is 10.9. The quantitative estimate of drug-likeness (QED) is 0.732. The molecule has 2 rings (SSSR count). The summed E-state index contributed by atoms with van der Waals surface area (Å²) < 4.78 is 0.898. The number of anilines is 1. The number of carbonyl (C=O) groups excluding carboxylic acids is 2. The summed E-state index contributed by atoms with van der Waals surface area (Å²) in [4.78, 5) is 23.4. The average molecular weight is 341 g/mol. The minimum Gasteiger partial charge on any atom is -0.393 e. The maximum Gasteiger partial charge on any atom is 0.313 e. The Bertz CT molecular complexity index is 490. The van der Waals surface area contributed by atoms with E-state index < -0.39 is 11.8 Å². The molecule has 0 spiro atoms. The SMILES string of the molecule is O=C(NCC1CCCC1O)C(=O)Nc1ccc(Br)cc1. The van der Waals surface area contributed by atoms with Gasteiger partial charge in [0.05, 0.1) is 6.10 Å². The van der Waals surface area contributed by atoms with Crippen LogP contribution in [0.2, 0.25) is 0 Å². The highest BCUT2D eigenvalue weighted by atomic mass is 79.9. The Hall–Kier alpha value is -1.40. The smallest absolute Gasteiger partial charge is 0.313 e. The van der Waals surface area contributed by atoms with Gasteiger partial charge < -0.3 is 15.7 Å². The van der Waals surface area contributed by atoms with Crippen molar-refractivity contribution >= 4 is 33.4 Å². The van der Waals surface area contributed by atoms with Crippen molar-refractivity contribution in [3.63, 3.8) is 0 Å². The van der Waals surface area contributed by atoms with Gasteiger partial charge in [-0.15, -0.1) is 0 Å². The van der Waals surface area contributed by atoms with Gasteiger partial charge in [0.15, 0.2) is 0 Å². The van der Waals surface area contributed by atoms with Gasteiger partial charge in [0.1, 0.15) is 0 Å². The van der Waals surface area contributed by atoms with Gasteiger partial charge >= 0.3 is 11.8 Å². The summed E-state index contributed by atoms with van der Waals surface area (Å²) in [7, 11) is 0. The molecule has 0 heterocycles. The zero-order valence-corrected chi connectivity index (χ0v) is 12.5. The predicted octanol–water partition coefficient (Wildman–Crippen LogP) is 1.66. The summed E-state index contributed by atoms with van der Waals surface area (Å²) in [5.41, 5.74) is 0.564. The van der Waals surface area contributed by atoms with Crippen LogP contribution in [0.5, 0.6) is 0 Å². The molecule has 1 aromatic carbocycles. The minimum absolute atomic E-state index is 0.0550. The van der Waals surface area contributed by atoms with Gasteiger partial charge in [-0.3, -0.25) is 9.59 Å². The van der Waals surface area contributed by atoms with Gasteiger partial charge in [0.25, 0.3) is 0 Å². The van der Waals surface area contributed by atoms with E-state index in [9.17, 15) is 14.7 Å². The molecule has 0 radical (unpaired) electrons. The molecule has 1 aliphatic rings. The van der Waals surface area contributed by atoms with Crippen LogP contribution in [0.25, 0.3) is 0 Å². The van der Waals surface area contributed by atoms with Crippen LogP contribution < -0.4 is 10.6 Å². The van der Waals surface area contributed by atoms with Crippen LogP contribution in [0.3, 0.4) is 0 Å². The number of nitrogens with one attached hydrogen (secondary N) is 2. The number of rotatable bonds is 3. The fourth-order valence-corrected chi connectivity index (χ4v) is 2.54. The number of benzene rings is 1. The Balaban J connectivity index is 1.80. The molecule has 108 valence electrons. The highest BCUT2D eigenvalue weighted by Gasteiger charge is 2.26. The number of amides is 2. The van der Waals surface area contributed by atoms with E-state index in [1.807, 2.05) is 0 Å². The van der Waals surface area contributed by atoms with E-state index in [0.29, 0.717) is 12.2 Å². The molecule has 2 unspecified atom stereocenters. The van der Waals surface area contributed by atoms with E-state index in [1.165, 1.54) is 0 Å². The van der Waals surface area contributed by atoms with Gasteiger partial charge in [-0.2, -0.15) is 0 Å². The Morgan fingerprint density at radius 3 is 2.50 bits per heavy atom. The van der Waals surface area contributed by atoms with Gasteiger partial charge in [0, 0.05) is 22.6 Å². The van der Waals surface area contributed by atoms with Crippen molar-refractivity contribution in [2.75, 3.05) is 11.9 Å². The first-order valence-corrected chi connectivity index (χ1v) is 7.38. The van der Waals surface area contributed by atoms with Crippen LogP contribution in [-0.2, 0) is 9.59 Å². The number of aliphatic hydroxyl groups excluding tert-OH is 1. The first-order valence-electron chi connectivity index (χ1n) is 6.59. The summed E-state index contributed by atoms with van der Waals surface area (Å²) >= 11 is 3.29. The van der Waals surface area contributed by atoms with Crippen LogP contribution in [-0.4, -0.2) is 29.6 Å². The maximum absolute atomic E-state index is 11.7. The summed E-state index contributed by atoms with van der Waals surface area (Å²) in [6, 6.07) is 6.97. The van der Waals surface area contributed by atoms with Crippen molar-refractivity contribution in [3.8, 4) is 0 Å². The molecule has 1 aromatic rings. The molecule has 20 heavy (non-hydrogen) atoms. The van der Waals surface area contributed by atoms with Crippen molar-refractivity contribution in [1.82, 2.24) is 5.32 Å². The largest absolute Gasteiger partial charge is 0.393 e. The minimum atomic E-state index is -0.695. The summed E-state index contributed by atoms with van der Waals surface area (Å²) in [6.45, 7) is 0.341. The molecular formula is C14H17BrN2O3. The van der Waals surface area contributed by atoms with Crippen molar-refractivity contribution < 1.29 is 14.7 Å². The third-order valence-electron chi connectivity index (χ3n) is 3.45. The second-order valence-electron chi connectivity index (χ2n) is 4.93. The topological polar surface area (TPSA) is 78.4 Å². The zero-order chi connectivity index (χ0) is 14.5. The van der Waals surface area contributed by atoms with Crippen molar-refractivity contribution in [1.29, 1.82) is 0 Å². The number of aliphatic hydroxyl groups is 1. The van der Waals surface area contributed by atoms with E-state index in [-0.39, 0.29) is 12.0 Å². The monoisotopic (exact) mass is 340 g/mol. The lowest BCUT2D eigenvalue weighted by molar-refractivity contribution is -0.136. The van der Waals surface area contributed by atoms with Crippen LogP contribution in [0.1, 0.15) is 19.3 Å². The fraction of sp³-hybridized carbons (Fsp3) is 0.429. The Morgan fingerprint density at radius 1 is 1.20 bits per heavy atom. The van der Waals surface area contributed by atoms with E-state index >= 15 is 0 Å². The average Bonchev–Trinajstić information content (AvgIpc) is 2.84. The second-order valence-corrected chi connectivity index (χ2v) is 5.85. The number of hydrogen-bond acceptors (Lipinski definition) is 3. The molecule has 3 N–H and O–H groups in total. The molecule has 2 amide bonds. The maximum atomic E-state index is 11.7. The highest BCUT2D eigenvalue weighted by Crippen LogP contribution is 2.24. The third-order valence-corrected chi connectivity index (χ3v) is 3.98. The molecule has 5 nitrogen and oxygen atoms in total. The van der Waals surface area contributed by atoms with Gasteiger partial charge in [-0.25, -0.2) is 0 Å². The molecule has 0 aliphatic heterocycles. The summed E-state index contributed by atoms with van der Waals surface area (Å²) in [5.74, 6) is -1.31.